The standard InChI is InChI=1S/C20H23Cl2N3O/c1-12-18(15(21)9-10-24-12)14-7-8-17(16(22)11-14)25-20(26)19(23)13-5-3-2-4-6-13/h7-11,13,19H,2-6,23H2,1H3,(H,25,26)/t19-/m0/s1. The fourth-order valence-electron chi connectivity index (χ4n) is 3.58. The Bertz CT molecular complexity index is 783. The van der Waals surface area contributed by atoms with Gasteiger partial charge in [-0.15, -0.1) is 0 Å². The molecule has 0 spiro atoms. The lowest BCUT2D eigenvalue weighted by Gasteiger charge is -2.26. The molecule has 1 aromatic carbocycles. The minimum atomic E-state index is -0.499. The molecule has 1 fully saturated rings. The number of nitrogens with zero attached hydrogens (tertiary/aromatic N) is 1. The van der Waals surface area contributed by atoms with Crippen molar-refractivity contribution in [3.05, 3.63) is 46.2 Å². The second kappa shape index (κ2) is 8.38. The minimum absolute atomic E-state index is 0.179. The first-order chi connectivity index (χ1) is 12.5. The number of pyridine rings is 1. The molecule has 2 aromatic rings. The molecule has 1 atom stereocenters. The molecular weight excluding hydrogens is 369 g/mol. The summed E-state index contributed by atoms with van der Waals surface area (Å²) >= 11 is 12.7. The third-order valence-electron chi connectivity index (χ3n) is 5.07. The Kier molecular flexibility index (Phi) is 6.17. The zero-order valence-corrected chi connectivity index (χ0v) is 16.3. The molecule has 138 valence electrons. The Hall–Kier alpha value is -1.62. The number of benzene rings is 1. The fourth-order valence-corrected chi connectivity index (χ4v) is 4.11. The van der Waals surface area contributed by atoms with Gasteiger partial charge in [0.05, 0.1) is 21.8 Å². The summed E-state index contributed by atoms with van der Waals surface area (Å²) in [5, 5.41) is 3.94. The van der Waals surface area contributed by atoms with E-state index in [-0.39, 0.29) is 11.8 Å². The zero-order chi connectivity index (χ0) is 18.7. The number of carbonyl (C=O) groups is 1. The molecule has 1 heterocycles. The van der Waals surface area contributed by atoms with Crippen molar-refractivity contribution in [1.82, 2.24) is 4.98 Å². The van der Waals surface area contributed by atoms with Crippen molar-refractivity contribution in [3.8, 4) is 11.1 Å². The number of aryl methyl sites for hydroxylation is 1. The van der Waals surface area contributed by atoms with Crippen molar-refractivity contribution < 1.29 is 4.79 Å². The Labute approximate surface area is 164 Å². The molecule has 0 unspecified atom stereocenters. The Morgan fingerprint density at radius 1 is 1.19 bits per heavy atom. The lowest BCUT2D eigenvalue weighted by molar-refractivity contribution is -0.118. The molecule has 0 radical (unpaired) electrons. The first-order valence-electron chi connectivity index (χ1n) is 8.95. The number of rotatable bonds is 4. The van der Waals surface area contributed by atoms with Gasteiger partial charge in [-0.3, -0.25) is 9.78 Å². The van der Waals surface area contributed by atoms with Gasteiger partial charge in [0.1, 0.15) is 0 Å². The van der Waals surface area contributed by atoms with Gasteiger partial charge in [0.15, 0.2) is 0 Å². The lowest BCUT2D eigenvalue weighted by atomic mass is 9.84. The summed E-state index contributed by atoms with van der Waals surface area (Å²) in [7, 11) is 0. The van der Waals surface area contributed by atoms with Gasteiger partial charge in [-0.1, -0.05) is 48.5 Å². The maximum atomic E-state index is 12.5. The Balaban J connectivity index is 1.76. The molecule has 0 aliphatic heterocycles. The van der Waals surface area contributed by atoms with Crippen LogP contribution in [-0.4, -0.2) is 16.9 Å². The van der Waals surface area contributed by atoms with Crippen LogP contribution in [0.15, 0.2) is 30.5 Å². The van der Waals surface area contributed by atoms with Gasteiger partial charge in [0.2, 0.25) is 5.91 Å². The molecule has 1 saturated carbocycles. The summed E-state index contributed by atoms with van der Waals surface area (Å²) in [5.41, 5.74) is 9.25. The smallest absolute Gasteiger partial charge is 0.241 e. The first kappa shape index (κ1) is 19.2. The number of hydrogen-bond donors (Lipinski definition) is 2. The number of amides is 1. The van der Waals surface area contributed by atoms with Crippen molar-refractivity contribution in [1.29, 1.82) is 0 Å². The van der Waals surface area contributed by atoms with E-state index in [0.29, 0.717) is 15.7 Å². The van der Waals surface area contributed by atoms with Gasteiger partial charge in [0, 0.05) is 17.5 Å². The summed E-state index contributed by atoms with van der Waals surface area (Å²) in [4.78, 5) is 16.8. The van der Waals surface area contributed by atoms with Crippen LogP contribution in [0, 0.1) is 12.8 Å². The van der Waals surface area contributed by atoms with Gasteiger partial charge >= 0.3 is 0 Å². The predicted molar refractivity (Wildman–Crippen MR) is 108 cm³/mol. The fraction of sp³-hybridized carbons (Fsp3) is 0.400. The van der Waals surface area contributed by atoms with E-state index in [1.807, 2.05) is 13.0 Å². The van der Waals surface area contributed by atoms with E-state index in [0.717, 1.165) is 42.5 Å². The average Bonchev–Trinajstić information content (AvgIpc) is 2.63. The molecule has 26 heavy (non-hydrogen) atoms. The molecular formula is C20H23Cl2N3O. The number of nitrogens with one attached hydrogen (secondary N) is 1. The van der Waals surface area contributed by atoms with Gasteiger partial charge in [-0.2, -0.15) is 0 Å². The summed E-state index contributed by atoms with van der Waals surface area (Å²) in [5.74, 6) is 0.0702. The topological polar surface area (TPSA) is 68.0 Å². The number of halogens is 2. The maximum absolute atomic E-state index is 12.5. The number of hydrogen-bond acceptors (Lipinski definition) is 3. The lowest BCUT2D eigenvalue weighted by Crippen LogP contribution is -2.42. The van der Waals surface area contributed by atoms with Crippen LogP contribution in [0.3, 0.4) is 0 Å². The zero-order valence-electron chi connectivity index (χ0n) is 14.8. The number of aromatic nitrogens is 1. The average molecular weight is 392 g/mol. The Morgan fingerprint density at radius 3 is 2.58 bits per heavy atom. The summed E-state index contributed by atoms with van der Waals surface area (Å²) in [6, 6.07) is 6.70. The van der Waals surface area contributed by atoms with Crippen LogP contribution in [0.4, 0.5) is 5.69 Å². The largest absolute Gasteiger partial charge is 0.323 e. The number of carbonyl (C=O) groups excluding carboxylic acids is 1. The highest BCUT2D eigenvalue weighted by atomic mass is 35.5. The highest BCUT2D eigenvalue weighted by Crippen LogP contribution is 2.34. The van der Waals surface area contributed by atoms with Gasteiger partial charge in [-0.25, -0.2) is 0 Å². The second-order valence-corrected chi connectivity index (χ2v) is 7.68. The van der Waals surface area contributed by atoms with Crippen molar-refractivity contribution in [2.45, 2.75) is 45.1 Å². The van der Waals surface area contributed by atoms with E-state index in [1.54, 1.807) is 24.4 Å². The van der Waals surface area contributed by atoms with E-state index in [4.69, 9.17) is 28.9 Å². The second-order valence-electron chi connectivity index (χ2n) is 6.86. The third kappa shape index (κ3) is 4.20. The number of anilines is 1. The quantitative estimate of drug-likeness (QED) is 0.751. The van der Waals surface area contributed by atoms with Crippen LogP contribution in [0.25, 0.3) is 11.1 Å². The van der Waals surface area contributed by atoms with Crippen molar-refractivity contribution in [3.63, 3.8) is 0 Å². The van der Waals surface area contributed by atoms with Gasteiger partial charge in [0.25, 0.3) is 0 Å². The van der Waals surface area contributed by atoms with E-state index >= 15 is 0 Å². The monoisotopic (exact) mass is 391 g/mol. The maximum Gasteiger partial charge on any atom is 0.241 e. The molecule has 3 rings (SSSR count). The van der Waals surface area contributed by atoms with Crippen LogP contribution in [-0.2, 0) is 4.79 Å². The molecule has 1 aliphatic carbocycles. The van der Waals surface area contributed by atoms with Crippen LogP contribution < -0.4 is 11.1 Å². The van der Waals surface area contributed by atoms with Crippen molar-refractivity contribution in [2.75, 3.05) is 5.32 Å². The molecule has 1 amide bonds. The summed E-state index contributed by atoms with van der Waals surface area (Å²) in [6.07, 6.45) is 7.22. The van der Waals surface area contributed by atoms with Crippen molar-refractivity contribution in [2.24, 2.45) is 11.7 Å². The summed E-state index contributed by atoms with van der Waals surface area (Å²) in [6.45, 7) is 1.90. The first-order valence-corrected chi connectivity index (χ1v) is 9.70. The SMILES string of the molecule is Cc1nccc(Cl)c1-c1ccc(NC(=O)[C@@H](N)C2CCCCC2)c(Cl)c1. The van der Waals surface area contributed by atoms with Crippen LogP contribution in [0.2, 0.25) is 10.0 Å². The molecule has 4 nitrogen and oxygen atoms in total. The van der Waals surface area contributed by atoms with Gasteiger partial charge in [-0.05, 0) is 49.4 Å². The van der Waals surface area contributed by atoms with Crippen LogP contribution >= 0.6 is 23.2 Å². The van der Waals surface area contributed by atoms with E-state index in [9.17, 15) is 4.79 Å². The third-order valence-corrected chi connectivity index (χ3v) is 5.69. The molecule has 3 N–H and O–H groups in total. The number of nitrogens with two attached hydrogens (primary N) is 1. The highest BCUT2D eigenvalue weighted by Gasteiger charge is 2.26. The Morgan fingerprint density at radius 2 is 1.92 bits per heavy atom. The molecule has 0 bridgehead atoms. The molecule has 1 aromatic heterocycles. The molecule has 0 saturated heterocycles. The van der Waals surface area contributed by atoms with Crippen molar-refractivity contribution >= 4 is 34.8 Å². The predicted octanol–water partition coefficient (Wildman–Crippen LogP) is 5.21. The van der Waals surface area contributed by atoms with Crippen LogP contribution in [0.1, 0.15) is 37.8 Å². The molecule has 1 aliphatic rings. The molecule has 6 heteroatoms. The van der Waals surface area contributed by atoms with E-state index in [1.165, 1.54) is 6.42 Å². The minimum Gasteiger partial charge on any atom is -0.323 e. The normalized spacial score (nSPS) is 16.3. The summed E-state index contributed by atoms with van der Waals surface area (Å²) < 4.78 is 0. The van der Waals surface area contributed by atoms with Gasteiger partial charge < -0.3 is 11.1 Å². The highest BCUT2D eigenvalue weighted by molar-refractivity contribution is 6.35. The van der Waals surface area contributed by atoms with E-state index < -0.39 is 6.04 Å². The van der Waals surface area contributed by atoms with E-state index in [2.05, 4.69) is 10.3 Å². The van der Waals surface area contributed by atoms with Crippen LogP contribution in [0.5, 0.6) is 0 Å².